The summed E-state index contributed by atoms with van der Waals surface area (Å²) in [5, 5.41) is 0.212. The molecule has 5 aromatic carbocycles. The Balaban J connectivity index is 1.25. The van der Waals surface area contributed by atoms with Gasteiger partial charge in [-0.25, -0.2) is 4.79 Å². The zero-order chi connectivity index (χ0) is 35.2. The van der Waals surface area contributed by atoms with E-state index in [1.165, 1.54) is 23.6 Å². The summed E-state index contributed by atoms with van der Waals surface area (Å²) in [5.41, 5.74) is 2.26. The lowest BCUT2D eigenvalue weighted by molar-refractivity contribution is -0.153. The second-order valence-electron chi connectivity index (χ2n) is 11.7. The molecule has 0 N–H and O–H groups in total. The van der Waals surface area contributed by atoms with Gasteiger partial charge in [0.05, 0.1) is 5.04 Å². The Morgan fingerprint density at radius 2 is 1.22 bits per heavy atom. The molecular formula is C40H33N2O7PS. The molecular weight excluding hydrogens is 683 g/mol. The largest absolute Gasteiger partial charge is 0.646 e. The molecule has 7 rings (SSSR count). The topological polar surface area (TPSA) is 104 Å². The minimum absolute atomic E-state index is 0.182. The number of carbonyl (C=O) groups is 2. The average molecular weight is 717 g/mol. The van der Waals surface area contributed by atoms with Crippen molar-refractivity contribution in [3.8, 4) is 11.5 Å². The van der Waals surface area contributed by atoms with Crippen molar-refractivity contribution in [3.63, 3.8) is 0 Å². The summed E-state index contributed by atoms with van der Waals surface area (Å²) in [5.74, 6) is -1.03. The number of hydrogen-bond donors (Lipinski definition) is 0. The lowest BCUT2D eigenvalue weighted by Gasteiger charge is -2.42. The van der Waals surface area contributed by atoms with Crippen molar-refractivity contribution < 1.29 is 32.5 Å². The normalized spacial score (nSPS) is 17.1. The van der Waals surface area contributed by atoms with Gasteiger partial charge in [-0.2, -0.15) is 4.57 Å². The second-order valence-corrected chi connectivity index (χ2v) is 14.3. The first-order valence-electron chi connectivity index (χ1n) is 16.3. The van der Waals surface area contributed by atoms with E-state index >= 15 is 0 Å². The maximum atomic E-state index is 14.5. The number of benzene rings is 5. The number of fused-ring (bicyclic) bond motifs is 1. The highest BCUT2D eigenvalue weighted by atomic mass is 32.2. The minimum Gasteiger partial charge on any atom is -0.448 e. The monoisotopic (exact) mass is 716 g/mol. The molecule has 2 heterocycles. The van der Waals surface area contributed by atoms with Crippen molar-refractivity contribution in [2.75, 3.05) is 0 Å². The van der Waals surface area contributed by atoms with Gasteiger partial charge < -0.3 is 18.3 Å². The lowest BCUT2D eigenvalue weighted by Crippen LogP contribution is -2.61. The third-order valence-corrected chi connectivity index (χ3v) is 10.7. The van der Waals surface area contributed by atoms with Crippen LogP contribution in [-0.2, 0) is 29.8 Å². The summed E-state index contributed by atoms with van der Waals surface area (Å²) in [4.78, 5) is 34.4. The van der Waals surface area contributed by atoms with Crippen LogP contribution >= 0.6 is 19.6 Å². The number of hydrogen-bond acceptors (Lipinski definition) is 9. The van der Waals surface area contributed by atoms with E-state index in [1.807, 2.05) is 91.0 Å². The molecule has 1 fully saturated rings. The van der Waals surface area contributed by atoms with Crippen molar-refractivity contribution in [2.24, 2.45) is 4.99 Å². The summed E-state index contributed by atoms with van der Waals surface area (Å²) in [6.07, 6.45) is -0.294. The predicted molar refractivity (Wildman–Crippen MR) is 196 cm³/mol. The van der Waals surface area contributed by atoms with Gasteiger partial charge in [0.1, 0.15) is 22.6 Å². The van der Waals surface area contributed by atoms with Gasteiger partial charge in [-0.1, -0.05) is 139 Å². The fourth-order valence-electron chi connectivity index (χ4n) is 5.75. The molecule has 0 spiro atoms. The Hall–Kier alpha value is -5.57. The van der Waals surface area contributed by atoms with Crippen LogP contribution in [0.2, 0.25) is 0 Å². The van der Waals surface area contributed by atoms with E-state index in [0.29, 0.717) is 6.42 Å². The van der Waals surface area contributed by atoms with Crippen LogP contribution in [0.15, 0.2) is 168 Å². The predicted octanol–water partition coefficient (Wildman–Crippen LogP) is 8.76. The molecule has 256 valence electrons. The number of esters is 1. The van der Waals surface area contributed by atoms with E-state index in [2.05, 4.69) is 0 Å². The Bertz CT molecular complexity index is 2020. The smallest absolute Gasteiger partial charge is 0.448 e. The van der Waals surface area contributed by atoms with Crippen LogP contribution < -0.4 is 9.05 Å². The summed E-state index contributed by atoms with van der Waals surface area (Å²) < 4.78 is 38.5. The number of para-hydroxylation sites is 2. The molecule has 2 aliphatic rings. The number of phosphoric acid groups is 1. The van der Waals surface area contributed by atoms with Crippen molar-refractivity contribution in [2.45, 2.75) is 30.9 Å². The number of aliphatic imine (C=N–C) groups is 1. The molecule has 51 heavy (non-hydrogen) atoms. The van der Waals surface area contributed by atoms with Crippen molar-refractivity contribution in [3.05, 3.63) is 180 Å². The number of carbonyl (C=O) groups excluding carboxylic acids is 2. The number of thioether (sulfide) groups is 1. The van der Waals surface area contributed by atoms with Crippen LogP contribution in [0.4, 0.5) is 0 Å². The van der Waals surface area contributed by atoms with Crippen LogP contribution in [0.3, 0.4) is 0 Å². The molecule has 0 aromatic heterocycles. The zero-order valence-electron chi connectivity index (χ0n) is 27.5. The lowest BCUT2D eigenvalue weighted by atomic mass is 10.0. The molecule has 2 atom stereocenters. The molecule has 11 heteroatoms. The number of phosphoric ester groups is 1. The summed E-state index contributed by atoms with van der Waals surface area (Å²) in [6.45, 7) is 1.44. The first kappa shape index (κ1) is 33.9. The SMILES string of the molecule is CC(OP(=O)(Oc1ccccc1)Oc1ccccc1)=C(C(=O)OC(c1ccccc1)c1ccccc1)N1C(=O)C2N=C(Cc3ccccc3)SC21. The fraction of sp³-hybridized carbons (Fsp3) is 0.125. The van der Waals surface area contributed by atoms with Crippen LogP contribution in [0.5, 0.6) is 11.5 Å². The zero-order valence-corrected chi connectivity index (χ0v) is 29.2. The van der Waals surface area contributed by atoms with Gasteiger partial charge in [-0.05, 0) is 47.9 Å². The van der Waals surface area contributed by atoms with Crippen LogP contribution in [0.25, 0.3) is 0 Å². The molecule has 0 bridgehead atoms. The minimum atomic E-state index is -4.53. The third kappa shape index (κ3) is 7.77. The maximum Gasteiger partial charge on any atom is 0.646 e. The maximum absolute atomic E-state index is 14.5. The van der Waals surface area contributed by atoms with Crippen LogP contribution in [0.1, 0.15) is 29.7 Å². The highest BCUT2D eigenvalue weighted by Gasteiger charge is 2.56. The Morgan fingerprint density at radius 3 is 1.73 bits per heavy atom. The molecule has 9 nitrogen and oxygen atoms in total. The van der Waals surface area contributed by atoms with E-state index < -0.39 is 37.2 Å². The molecule has 0 radical (unpaired) electrons. The molecule has 2 unspecified atom stereocenters. The van der Waals surface area contributed by atoms with Crippen LogP contribution in [-0.4, -0.2) is 33.2 Å². The first-order valence-corrected chi connectivity index (χ1v) is 18.6. The van der Waals surface area contributed by atoms with Gasteiger partial charge in [0.25, 0.3) is 5.91 Å². The average Bonchev–Trinajstić information content (AvgIpc) is 3.52. The van der Waals surface area contributed by atoms with E-state index in [4.69, 9.17) is 23.3 Å². The number of β-lactam (4-membered cyclic amide) rings is 1. The number of ether oxygens (including phenoxy) is 1. The van der Waals surface area contributed by atoms with Gasteiger partial charge in [-0.3, -0.25) is 14.7 Å². The van der Waals surface area contributed by atoms with Gasteiger partial charge in [-0.15, -0.1) is 0 Å². The highest BCUT2D eigenvalue weighted by molar-refractivity contribution is 8.14. The number of amides is 1. The van der Waals surface area contributed by atoms with Gasteiger partial charge in [0, 0.05) is 6.42 Å². The van der Waals surface area contributed by atoms with E-state index in [9.17, 15) is 14.2 Å². The molecule has 1 amide bonds. The molecule has 0 saturated carbocycles. The van der Waals surface area contributed by atoms with Gasteiger partial charge in [0.15, 0.2) is 17.8 Å². The van der Waals surface area contributed by atoms with Gasteiger partial charge in [0.2, 0.25) is 0 Å². The van der Waals surface area contributed by atoms with Crippen molar-refractivity contribution in [1.82, 2.24) is 4.90 Å². The van der Waals surface area contributed by atoms with E-state index in [0.717, 1.165) is 21.7 Å². The third-order valence-electron chi connectivity index (χ3n) is 8.12. The Labute approximate surface area is 300 Å². The molecule has 0 aliphatic carbocycles. The molecule has 2 aliphatic heterocycles. The standard InChI is InChI=1S/C40H33N2O7PS/c1-28(47-50(45,48-32-23-13-5-14-24-32)49-33-25-15-6-16-26-33)36(40(44)46-37(30-19-9-3-10-20-30)31-21-11-4-12-22-31)42-38(43)35-39(42)51-34(41-35)27-29-17-7-2-8-18-29/h2-26,35,37,39H,27H2,1H3. The number of likely N-dealkylation sites (tertiary alicyclic amines) is 1. The highest BCUT2D eigenvalue weighted by Crippen LogP contribution is 2.53. The molecule has 5 aromatic rings. The van der Waals surface area contributed by atoms with E-state index in [1.54, 1.807) is 60.7 Å². The summed E-state index contributed by atoms with van der Waals surface area (Å²) in [6, 6.07) is 44.5. The summed E-state index contributed by atoms with van der Waals surface area (Å²) in [7, 11) is -4.53. The van der Waals surface area contributed by atoms with Crippen molar-refractivity contribution >= 4 is 36.5 Å². The number of allylic oxidation sites excluding steroid dienone is 1. The number of nitrogens with zero attached hydrogens (tertiary/aromatic N) is 2. The van der Waals surface area contributed by atoms with Crippen molar-refractivity contribution in [1.29, 1.82) is 0 Å². The van der Waals surface area contributed by atoms with Gasteiger partial charge >= 0.3 is 13.8 Å². The van der Waals surface area contributed by atoms with E-state index in [-0.39, 0.29) is 23.0 Å². The summed E-state index contributed by atoms with van der Waals surface area (Å²) >= 11 is 1.39. The number of rotatable bonds is 13. The van der Waals surface area contributed by atoms with Crippen LogP contribution in [0, 0.1) is 0 Å². The Morgan fingerprint density at radius 1 is 0.745 bits per heavy atom. The first-order chi connectivity index (χ1) is 24.9. The fourth-order valence-corrected chi connectivity index (χ4v) is 8.37. The molecule has 1 saturated heterocycles. The second kappa shape index (κ2) is 15.1. The quantitative estimate of drug-likeness (QED) is 0.0392. The Kier molecular flexibility index (Phi) is 10.1.